The van der Waals surface area contributed by atoms with Crippen molar-refractivity contribution in [1.82, 2.24) is 9.97 Å². The second-order valence-corrected chi connectivity index (χ2v) is 5.41. The van der Waals surface area contributed by atoms with E-state index >= 15 is 0 Å². The average Bonchev–Trinajstić information content (AvgIpc) is 2.72. The maximum atomic E-state index is 9.65. The van der Waals surface area contributed by atoms with E-state index in [1.54, 1.807) is 0 Å². The van der Waals surface area contributed by atoms with Crippen molar-refractivity contribution in [2.45, 2.75) is 51.5 Å². The van der Waals surface area contributed by atoms with Crippen molar-refractivity contribution in [2.24, 2.45) is 0 Å². The first-order chi connectivity index (χ1) is 9.78. The molecule has 5 nitrogen and oxygen atoms in total. The fourth-order valence-corrected chi connectivity index (χ4v) is 2.76. The summed E-state index contributed by atoms with van der Waals surface area (Å²) >= 11 is 0. The highest BCUT2D eigenvalue weighted by atomic mass is 16.3. The lowest BCUT2D eigenvalue weighted by Crippen LogP contribution is -2.38. The Hall–Kier alpha value is -1.36. The maximum absolute atomic E-state index is 9.65. The number of aliphatic hydroxyl groups is 1. The fraction of sp³-hybridized carbons (Fsp3) is 0.733. The first-order valence-electron chi connectivity index (χ1n) is 7.71. The number of aryl methyl sites for hydroxylation is 1. The van der Waals surface area contributed by atoms with E-state index in [0.29, 0.717) is 0 Å². The van der Waals surface area contributed by atoms with Gasteiger partial charge in [0.1, 0.15) is 17.5 Å². The largest absolute Gasteiger partial charge is 0.394 e. The highest BCUT2D eigenvalue weighted by molar-refractivity contribution is 5.50. The summed E-state index contributed by atoms with van der Waals surface area (Å²) in [6.45, 7) is 3.30. The molecular weight excluding hydrogens is 252 g/mol. The summed E-state index contributed by atoms with van der Waals surface area (Å²) in [6, 6.07) is 2.18. The Kier molecular flexibility index (Phi) is 5.59. The molecule has 1 unspecified atom stereocenters. The summed E-state index contributed by atoms with van der Waals surface area (Å²) in [4.78, 5) is 11.5. The first kappa shape index (κ1) is 15.0. The van der Waals surface area contributed by atoms with Gasteiger partial charge in [-0.05, 0) is 19.3 Å². The molecule has 1 fully saturated rings. The zero-order chi connectivity index (χ0) is 14.4. The van der Waals surface area contributed by atoms with E-state index in [9.17, 15) is 5.11 Å². The highest BCUT2D eigenvalue weighted by Crippen LogP contribution is 2.24. The summed E-state index contributed by atoms with van der Waals surface area (Å²) in [5, 5.41) is 12.8. The van der Waals surface area contributed by atoms with E-state index in [2.05, 4.69) is 22.1 Å². The number of rotatable bonds is 5. The molecule has 0 radical (unpaired) electrons. The van der Waals surface area contributed by atoms with E-state index in [0.717, 1.165) is 43.3 Å². The van der Waals surface area contributed by atoms with E-state index in [4.69, 9.17) is 4.98 Å². The molecule has 5 heteroatoms. The van der Waals surface area contributed by atoms with Gasteiger partial charge >= 0.3 is 0 Å². The van der Waals surface area contributed by atoms with E-state index in [-0.39, 0.29) is 12.6 Å². The number of aliphatic hydroxyl groups excluding tert-OH is 1. The molecule has 0 saturated carbocycles. The van der Waals surface area contributed by atoms with Crippen LogP contribution in [0.5, 0.6) is 0 Å². The minimum Gasteiger partial charge on any atom is -0.394 e. The van der Waals surface area contributed by atoms with Crippen molar-refractivity contribution in [2.75, 3.05) is 30.4 Å². The topological polar surface area (TPSA) is 61.3 Å². The van der Waals surface area contributed by atoms with Crippen LogP contribution in [0.3, 0.4) is 0 Å². The number of hydrogen-bond acceptors (Lipinski definition) is 5. The van der Waals surface area contributed by atoms with Crippen molar-refractivity contribution < 1.29 is 5.11 Å². The van der Waals surface area contributed by atoms with Gasteiger partial charge in [-0.25, -0.2) is 9.97 Å². The van der Waals surface area contributed by atoms with Crippen molar-refractivity contribution in [3.8, 4) is 0 Å². The van der Waals surface area contributed by atoms with Crippen LogP contribution in [-0.4, -0.2) is 41.3 Å². The van der Waals surface area contributed by atoms with Crippen LogP contribution >= 0.6 is 0 Å². The molecule has 1 atom stereocenters. The second kappa shape index (κ2) is 7.43. The van der Waals surface area contributed by atoms with Gasteiger partial charge in [-0.15, -0.1) is 0 Å². The van der Waals surface area contributed by atoms with Crippen molar-refractivity contribution in [3.05, 3.63) is 11.9 Å². The molecule has 0 aromatic carbocycles. The van der Waals surface area contributed by atoms with Gasteiger partial charge in [0.25, 0.3) is 0 Å². The maximum Gasteiger partial charge on any atom is 0.134 e. The Bertz CT molecular complexity index is 424. The number of nitrogens with one attached hydrogen (secondary N) is 1. The minimum absolute atomic E-state index is 0.187. The van der Waals surface area contributed by atoms with Crippen molar-refractivity contribution in [3.63, 3.8) is 0 Å². The molecule has 2 N–H and O–H groups in total. The zero-order valence-electron chi connectivity index (χ0n) is 12.6. The first-order valence-corrected chi connectivity index (χ1v) is 7.71. The molecule has 2 rings (SSSR count). The SMILES string of the molecule is CCCc1nc(NC)cc(N2CCCCCC2CO)n1. The van der Waals surface area contributed by atoms with Crippen LogP contribution in [0.1, 0.15) is 44.9 Å². The number of anilines is 2. The van der Waals surface area contributed by atoms with E-state index < -0.39 is 0 Å². The molecule has 1 saturated heterocycles. The standard InChI is InChI=1S/C15H26N4O/c1-3-7-13-17-14(16-2)10-15(18-13)19-9-6-4-5-8-12(19)11-20/h10,12,20H,3-9,11H2,1-2H3,(H,16,17,18). The Morgan fingerprint density at radius 2 is 2.20 bits per heavy atom. The van der Waals surface area contributed by atoms with Crippen LogP contribution in [-0.2, 0) is 6.42 Å². The van der Waals surface area contributed by atoms with Gasteiger partial charge in [0.2, 0.25) is 0 Å². The zero-order valence-corrected chi connectivity index (χ0v) is 12.6. The summed E-state index contributed by atoms with van der Waals surface area (Å²) in [6.07, 6.45) is 6.56. The van der Waals surface area contributed by atoms with Crippen LogP contribution in [0.2, 0.25) is 0 Å². The van der Waals surface area contributed by atoms with Gasteiger partial charge in [-0.1, -0.05) is 19.8 Å². The van der Waals surface area contributed by atoms with Crippen LogP contribution in [0.4, 0.5) is 11.6 Å². The lowest BCUT2D eigenvalue weighted by Gasteiger charge is -2.30. The van der Waals surface area contributed by atoms with Gasteiger partial charge in [0, 0.05) is 26.1 Å². The molecule has 2 heterocycles. The van der Waals surface area contributed by atoms with Crippen LogP contribution < -0.4 is 10.2 Å². The highest BCUT2D eigenvalue weighted by Gasteiger charge is 2.22. The summed E-state index contributed by atoms with van der Waals surface area (Å²) < 4.78 is 0. The summed E-state index contributed by atoms with van der Waals surface area (Å²) in [5.41, 5.74) is 0. The smallest absolute Gasteiger partial charge is 0.134 e. The Morgan fingerprint density at radius 1 is 1.35 bits per heavy atom. The second-order valence-electron chi connectivity index (χ2n) is 5.41. The van der Waals surface area contributed by atoms with Crippen molar-refractivity contribution in [1.29, 1.82) is 0 Å². The quantitative estimate of drug-likeness (QED) is 0.864. The van der Waals surface area contributed by atoms with Gasteiger partial charge in [-0.2, -0.15) is 0 Å². The monoisotopic (exact) mass is 278 g/mol. The van der Waals surface area contributed by atoms with Gasteiger partial charge < -0.3 is 15.3 Å². The third-order valence-electron chi connectivity index (χ3n) is 3.87. The molecule has 1 aliphatic rings. The Morgan fingerprint density at radius 3 is 2.90 bits per heavy atom. The molecular formula is C15H26N4O. The molecule has 20 heavy (non-hydrogen) atoms. The molecule has 1 aliphatic heterocycles. The van der Waals surface area contributed by atoms with E-state index in [1.165, 1.54) is 19.3 Å². The molecule has 1 aromatic heterocycles. The predicted molar refractivity (Wildman–Crippen MR) is 82.3 cm³/mol. The predicted octanol–water partition coefficient (Wildman–Crippen LogP) is 2.21. The average molecular weight is 278 g/mol. The molecule has 0 bridgehead atoms. The minimum atomic E-state index is 0.187. The van der Waals surface area contributed by atoms with E-state index in [1.807, 2.05) is 13.1 Å². The molecule has 1 aromatic rings. The molecule has 0 spiro atoms. The molecule has 0 aliphatic carbocycles. The lowest BCUT2D eigenvalue weighted by atomic mass is 10.1. The van der Waals surface area contributed by atoms with Gasteiger partial charge in [0.05, 0.1) is 12.6 Å². The van der Waals surface area contributed by atoms with Gasteiger partial charge in [0.15, 0.2) is 0 Å². The molecule has 0 amide bonds. The lowest BCUT2D eigenvalue weighted by molar-refractivity contribution is 0.254. The van der Waals surface area contributed by atoms with Crippen LogP contribution in [0.25, 0.3) is 0 Å². The number of nitrogens with zero attached hydrogens (tertiary/aromatic N) is 3. The third-order valence-corrected chi connectivity index (χ3v) is 3.87. The van der Waals surface area contributed by atoms with Crippen LogP contribution in [0.15, 0.2) is 6.07 Å². The summed E-state index contributed by atoms with van der Waals surface area (Å²) in [7, 11) is 1.88. The third kappa shape index (κ3) is 3.60. The normalized spacial score (nSPS) is 19.8. The fourth-order valence-electron chi connectivity index (χ4n) is 2.76. The van der Waals surface area contributed by atoms with Crippen molar-refractivity contribution >= 4 is 11.6 Å². The Balaban J connectivity index is 2.30. The van der Waals surface area contributed by atoms with Crippen LogP contribution in [0, 0.1) is 0 Å². The number of aromatic nitrogens is 2. The Labute approximate surface area is 121 Å². The number of hydrogen-bond donors (Lipinski definition) is 2. The molecule has 112 valence electrons. The van der Waals surface area contributed by atoms with Gasteiger partial charge in [-0.3, -0.25) is 0 Å². The summed E-state index contributed by atoms with van der Waals surface area (Å²) in [5.74, 6) is 2.70.